The maximum atomic E-state index is 12.7. The molecule has 0 bridgehead atoms. The zero-order valence-electron chi connectivity index (χ0n) is 14.5. The van der Waals surface area contributed by atoms with E-state index in [1.165, 1.54) is 6.07 Å². The number of benzene rings is 2. The number of ether oxygens (including phenoxy) is 1. The number of alkyl halides is 3. The topological polar surface area (TPSA) is 122 Å². The Morgan fingerprint density at radius 3 is 2.55 bits per heavy atom. The second-order valence-corrected chi connectivity index (χ2v) is 5.68. The van der Waals surface area contributed by atoms with Crippen molar-refractivity contribution < 1.29 is 32.4 Å². The number of nitro groups is 1. The van der Waals surface area contributed by atoms with E-state index in [-0.39, 0.29) is 22.5 Å². The molecule has 0 radical (unpaired) electrons. The predicted molar refractivity (Wildman–Crippen MR) is 92.5 cm³/mol. The molecule has 0 aliphatic carbocycles. The van der Waals surface area contributed by atoms with Gasteiger partial charge in [0, 0.05) is 12.1 Å². The normalized spacial score (nSPS) is 10.7. The lowest BCUT2D eigenvalue weighted by molar-refractivity contribution is -0.384. The van der Waals surface area contributed by atoms with E-state index in [0.717, 1.165) is 36.4 Å². The fourth-order valence-corrected chi connectivity index (χ4v) is 2.25. The predicted octanol–water partition coefficient (Wildman–Crippen LogP) is 3.21. The van der Waals surface area contributed by atoms with E-state index >= 15 is 0 Å². The van der Waals surface area contributed by atoms with Gasteiger partial charge in [0.2, 0.25) is 0 Å². The highest BCUT2D eigenvalue weighted by Crippen LogP contribution is 2.29. The number of nitro benzene ring substituents is 1. The number of carbonyl (C=O) groups is 2. The molecule has 0 fully saturated rings. The molecule has 0 saturated carbocycles. The van der Waals surface area contributed by atoms with Gasteiger partial charge < -0.3 is 10.1 Å². The highest BCUT2D eigenvalue weighted by atomic mass is 19.4. The van der Waals surface area contributed by atoms with Crippen LogP contribution < -0.4 is 5.32 Å². The number of amides is 1. The Bertz CT molecular complexity index is 999. The number of nitrogens with one attached hydrogen (secondary N) is 1. The van der Waals surface area contributed by atoms with Crippen LogP contribution in [-0.4, -0.2) is 23.4 Å². The molecule has 150 valence electrons. The van der Waals surface area contributed by atoms with Crippen LogP contribution in [0.25, 0.3) is 0 Å². The first-order valence-corrected chi connectivity index (χ1v) is 7.90. The SMILES string of the molecule is N#Cc1cc([N+](=O)[O-])ccc1NC(=O)COC(=O)Cc1cccc(C(F)(F)F)c1. The Kier molecular flexibility index (Phi) is 6.51. The standard InChI is InChI=1S/C18H12F3N3O5/c19-18(20,21)13-3-1-2-11(6-13)7-17(26)29-10-16(25)23-15-5-4-14(24(27)28)8-12(15)9-22/h1-6,8H,7,10H2,(H,23,25). The zero-order valence-corrected chi connectivity index (χ0v) is 14.5. The molecule has 0 heterocycles. The van der Waals surface area contributed by atoms with Crippen molar-refractivity contribution in [3.05, 3.63) is 69.3 Å². The molecule has 8 nitrogen and oxygen atoms in total. The molecule has 0 aliphatic heterocycles. The number of nitrogens with zero attached hydrogens (tertiary/aromatic N) is 2. The summed E-state index contributed by atoms with van der Waals surface area (Å²) in [6.45, 7) is -0.750. The molecular weight excluding hydrogens is 395 g/mol. The number of anilines is 1. The van der Waals surface area contributed by atoms with Crippen LogP contribution in [0.1, 0.15) is 16.7 Å². The van der Waals surface area contributed by atoms with Crippen LogP contribution in [0.5, 0.6) is 0 Å². The van der Waals surface area contributed by atoms with Crippen LogP contribution in [0.4, 0.5) is 24.5 Å². The summed E-state index contributed by atoms with van der Waals surface area (Å²) in [4.78, 5) is 33.6. The number of carbonyl (C=O) groups excluding carboxylic acids is 2. The van der Waals surface area contributed by atoms with Gasteiger partial charge in [0.15, 0.2) is 6.61 Å². The number of halogens is 3. The van der Waals surface area contributed by atoms with Crippen LogP contribution in [0.3, 0.4) is 0 Å². The molecule has 0 saturated heterocycles. The molecule has 0 unspecified atom stereocenters. The second-order valence-electron chi connectivity index (χ2n) is 5.68. The summed E-state index contributed by atoms with van der Waals surface area (Å²) in [5, 5.41) is 22.0. The Labute approximate surface area is 161 Å². The molecule has 2 rings (SSSR count). The summed E-state index contributed by atoms with van der Waals surface area (Å²) in [6, 6.07) is 9.02. The van der Waals surface area contributed by atoms with Crippen LogP contribution >= 0.6 is 0 Å². The first-order chi connectivity index (χ1) is 13.6. The number of hydrogen-bond donors (Lipinski definition) is 1. The van der Waals surface area contributed by atoms with Gasteiger partial charge in [0.1, 0.15) is 6.07 Å². The lowest BCUT2D eigenvalue weighted by Crippen LogP contribution is -2.22. The monoisotopic (exact) mass is 407 g/mol. The van der Waals surface area contributed by atoms with E-state index in [2.05, 4.69) is 5.32 Å². The molecule has 0 atom stereocenters. The third kappa shape index (κ3) is 6.03. The Morgan fingerprint density at radius 2 is 1.93 bits per heavy atom. The second kappa shape index (κ2) is 8.83. The average Bonchev–Trinajstić information content (AvgIpc) is 2.66. The highest BCUT2D eigenvalue weighted by Gasteiger charge is 2.30. The van der Waals surface area contributed by atoms with Gasteiger partial charge >= 0.3 is 12.1 Å². The van der Waals surface area contributed by atoms with Crippen LogP contribution in [0, 0.1) is 21.4 Å². The lowest BCUT2D eigenvalue weighted by Gasteiger charge is -2.09. The summed E-state index contributed by atoms with van der Waals surface area (Å²) >= 11 is 0. The van der Waals surface area contributed by atoms with Gasteiger partial charge in [-0.15, -0.1) is 0 Å². The average molecular weight is 407 g/mol. The van der Waals surface area contributed by atoms with E-state index < -0.39 is 41.6 Å². The van der Waals surface area contributed by atoms with Crippen molar-refractivity contribution in [1.82, 2.24) is 0 Å². The van der Waals surface area contributed by atoms with Crippen LogP contribution in [0.2, 0.25) is 0 Å². The van der Waals surface area contributed by atoms with Crippen molar-refractivity contribution in [2.45, 2.75) is 12.6 Å². The van der Waals surface area contributed by atoms with Gasteiger partial charge in [-0.25, -0.2) is 0 Å². The molecule has 1 N–H and O–H groups in total. The van der Waals surface area contributed by atoms with Gasteiger partial charge in [-0.3, -0.25) is 19.7 Å². The third-order valence-electron chi connectivity index (χ3n) is 3.58. The summed E-state index contributed by atoms with van der Waals surface area (Å²) in [5.74, 6) is -1.75. The summed E-state index contributed by atoms with van der Waals surface area (Å²) in [7, 11) is 0. The lowest BCUT2D eigenvalue weighted by atomic mass is 10.1. The summed E-state index contributed by atoms with van der Waals surface area (Å²) < 4.78 is 42.7. The van der Waals surface area contributed by atoms with Crippen molar-refractivity contribution in [3.8, 4) is 6.07 Å². The minimum absolute atomic E-state index is 0.0166. The molecule has 0 aromatic heterocycles. The molecule has 0 aliphatic rings. The van der Waals surface area contributed by atoms with E-state index in [1.54, 1.807) is 6.07 Å². The van der Waals surface area contributed by atoms with Crippen molar-refractivity contribution in [2.75, 3.05) is 11.9 Å². The fourth-order valence-electron chi connectivity index (χ4n) is 2.25. The van der Waals surface area contributed by atoms with Gasteiger partial charge in [-0.05, 0) is 17.7 Å². The van der Waals surface area contributed by atoms with Crippen molar-refractivity contribution in [1.29, 1.82) is 5.26 Å². The highest BCUT2D eigenvalue weighted by molar-refractivity contribution is 5.94. The van der Waals surface area contributed by atoms with Gasteiger partial charge in [0.25, 0.3) is 11.6 Å². The first kappa shape index (κ1) is 21.4. The number of rotatable bonds is 6. The van der Waals surface area contributed by atoms with Crippen molar-refractivity contribution >= 4 is 23.3 Å². The molecule has 2 aromatic carbocycles. The quantitative estimate of drug-likeness (QED) is 0.446. The number of nitriles is 1. The Morgan fingerprint density at radius 1 is 1.21 bits per heavy atom. The molecule has 2 aromatic rings. The Balaban J connectivity index is 1.94. The van der Waals surface area contributed by atoms with Gasteiger partial charge in [0.05, 0.1) is 28.2 Å². The summed E-state index contributed by atoms with van der Waals surface area (Å²) in [6.07, 6.45) is -5.03. The molecule has 1 amide bonds. The molecule has 11 heteroatoms. The van der Waals surface area contributed by atoms with E-state index in [4.69, 9.17) is 10.00 Å². The maximum Gasteiger partial charge on any atom is 0.416 e. The van der Waals surface area contributed by atoms with Gasteiger partial charge in [-0.1, -0.05) is 18.2 Å². The smallest absolute Gasteiger partial charge is 0.416 e. The summed E-state index contributed by atoms with van der Waals surface area (Å²) in [5.41, 5.74) is -1.37. The van der Waals surface area contributed by atoms with E-state index in [9.17, 15) is 32.9 Å². The Hall–Kier alpha value is -3.94. The van der Waals surface area contributed by atoms with Crippen LogP contribution in [-0.2, 0) is 26.9 Å². The number of esters is 1. The van der Waals surface area contributed by atoms with E-state index in [0.29, 0.717) is 0 Å². The number of non-ortho nitro benzene ring substituents is 1. The van der Waals surface area contributed by atoms with E-state index in [1.807, 2.05) is 0 Å². The minimum Gasteiger partial charge on any atom is -0.455 e. The number of hydrogen-bond acceptors (Lipinski definition) is 6. The molecular formula is C18H12F3N3O5. The minimum atomic E-state index is -4.55. The van der Waals surface area contributed by atoms with Crippen molar-refractivity contribution in [2.24, 2.45) is 0 Å². The fraction of sp³-hybridized carbons (Fsp3) is 0.167. The van der Waals surface area contributed by atoms with Gasteiger partial charge in [-0.2, -0.15) is 18.4 Å². The van der Waals surface area contributed by atoms with Crippen molar-refractivity contribution in [3.63, 3.8) is 0 Å². The molecule has 29 heavy (non-hydrogen) atoms. The zero-order chi connectivity index (χ0) is 21.6. The molecule has 0 spiro atoms. The largest absolute Gasteiger partial charge is 0.455 e. The maximum absolute atomic E-state index is 12.7. The first-order valence-electron chi connectivity index (χ1n) is 7.90. The van der Waals surface area contributed by atoms with Crippen LogP contribution in [0.15, 0.2) is 42.5 Å². The third-order valence-corrected chi connectivity index (χ3v) is 3.58.